The molecule has 14 heavy (non-hydrogen) atoms. The first-order valence-electron chi connectivity index (χ1n) is 4.63. The number of methoxy groups -OCH3 is 1. The van der Waals surface area contributed by atoms with Gasteiger partial charge >= 0.3 is 0 Å². The third-order valence-corrected chi connectivity index (χ3v) is 2.44. The molecule has 68 valence electrons. The lowest BCUT2D eigenvalue weighted by atomic mass is 9.83. The van der Waals surface area contributed by atoms with Crippen LogP contribution in [0.25, 0.3) is 10.9 Å². The third kappa shape index (κ3) is 1.27. The molecule has 0 bridgehead atoms. The molecule has 0 amide bonds. The molecule has 0 N–H and O–H groups in total. The molecule has 1 aromatic heterocycles. The molecule has 2 aromatic rings. The summed E-state index contributed by atoms with van der Waals surface area (Å²) >= 11 is 0. The van der Waals surface area contributed by atoms with Gasteiger partial charge in [0.1, 0.15) is 27.0 Å². The van der Waals surface area contributed by atoms with Crippen molar-refractivity contribution in [3.63, 3.8) is 0 Å². The van der Waals surface area contributed by atoms with Gasteiger partial charge in [-0.3, -0.25) is 4.98 Å². The summed E-state index contributed by atoms with van der Waals surface area (Å²) in [7, 11) is 5.82. The van der Waals surface area contributed by atoms with Gasteiger partial charge in [-0.25, -0.2) is 0 Å². The standard InChI is InChI=1S/C10H11B2NO/c1-14-10-8(12)5-7(11)6-3-2-4-13-9(6)10/h2-5H,11-12H2,1H3. The van der Waals surface area contributed by atoms with E-state index in [2.05, 4.69) is 25.0 Å². The van der Waals surface area contributed by atoms with Crippen molar-refractivity contribution in [2.75, 3.05) is 7.11 Å². The summed E-state index contributed by atoms with van der Waals surface area (Å²) in [5.41, 5.74) is 3.33. The van der Waals surface area contributed by atoms with Gasteiger partial charge in [-0.15, -0.1) is 0 Å². The topological polar surface area (TPSA) is 22.1 Å². The van der Waals surface area contributed by atoms with Crippen LogP contribution in [0.4, 0.5) is 0 Å². The van der Waals surface area contributed by atoms with Crippen molar-refractivity contribution < 1.29 is 4.74 Å². The second-order valence-corrected chi connectivity index (χ2v) is 3.44. The minimum atomic E-state index is 0.881. The Morgan fingerprint density at radius 1 is 1.29 bits per heavy atom. The largest absolute Gasteiger partial charge is 0.495 e. The molecule has 0 atom stereocenters. The summed E-state index contributed by atoms with van der Waals surface area (Å²) in [4.78, 5) is 4.35. The Hall–Kier alpha value is -1.44. The maximum Gasteiger partial charge on any atom is 0.144 e. The van der Waals surface area contributed by atoms with Crippen LogP contribution in [0.5, 0.6) is 5.75 Å². The lowest BCUT2D eigenvalue weighted by molar-refractivity contribution is 0.422. The summed E-state index contributed by atoms with van der Waals surface area (Å²) in [6, 6.07) is 6.15. The molecule has 0 aliphatic carbocycles. The fourth-order valence-electron chi connectivity index (χ4n) is 1.82. The van der Waals surface area contributed by atoms with E-state index in [-0.39, 0.29) is 0 Å². The van der Waals surface area contributed by atoms with Crippen molar-refractivity contribution in [3.8, 4) is 5.75 Å². The van der Waals surface area contributed by atoms with Crippen molar-refractivity contribution in [1.29, 1.82) is 0 Å². The Balaban J connectivity index is 2.90. The number of hydrogen-bond acceptors (Lipinski definition) is 2. The predicted octanol–water partition coefficient (Wildman–Crippen LogP) is -1.24. The zero-order chi connectivity index (χ0) is 10.1. The first kappa shape index (κ1) is 9.13. The molecule has 0 saturated carbocycles. The van der Waals surface area contributed by atoms with E-state index in [4.69, 9.17) is 4.74 Å². The Morgan fingerprint density at radius 3 is 2.79 bits per heavy atom. The van der Waals surface area contributed by atoms with E-state index in [9.17, 15) is 0 Å². The Labute approximate surface area is 85.1 Å². The Morgan fingerprint density at radius 2 is 2.07 bits per heavy atom. The van der Waals surface area contributed by atoms with Crippen molar-refractivity contribution in [2.24, 2.45) is 0 Å². The Bertz CT molecular complexity index is 485. The van der Waals surface area contributed by atoms with Crippen LogP contribution in [0.2, 0.25) is 0 Å². The zero-order valence-electron chi connectivity index (χ0n) is 8.66. The van der Waals surface area contributed by atoms with Gasteiger partial charge in [-0.1, -0.05) is 17.6 Å². The maximum absolute atomic E-state index is 5.35. The number of hydrogen-bond donors (Lipinski definition) is 0. The number of ether oxygens (including phenoxy) is 1. The summed E-state index contributed by atoms with van der Waals surface area (Å²) in [5.74, 6) is 0.881. The van der Waals surface area contributed by atoms with Gasteiger partial charge in [0.05, 0.1) is 7.11 Å². The fourth-order valence-corrected chi connectivity index (χ4v) is 1.82. The van der Waals surface area contributed by atoms with Crippen molar-refractivity contribution in [3.05, 3.63) is 24.4 Å². The van der Waals surface area contributed by atoms with E-state index >= 15 is 0 Å². The van der Waals surface area contributed by atoms with Crippen LogP contribution in [0.15, 0.2) is 24.4 Å². The number of pyridine rings is 1. The molecule has 0 aliphatic rings. The zero-order valence-corrected chi connectivity index (χ0v) is 8.66. The summed E-state index contributed by atoms with van der Waals surface area (Å²) in [6.07, 6.45) is 1.80. The number of aromatic nitrogens is 1. The van der Waals surface area contributed by atoms with Crippen molar-refractivity contribution >= 4 is 37.5 Å². The van der Waals surface area contributed by atoms with Crippen LogP contribution in [0.3, 0.4) is 0 Å². The number of nitrogens with zero attached hydrogens (tertiary/aromatic N) is 1. The predicted molar refractivity (Wildman–Crippen MR) is 64.7 cm³/mol. The average Bonchev–Trinajstić information content (AvgIpc) is 2.18. The van der Waals surface area contributed by atoms with Crippen LogP contribution >= 0.6 is 0 Å². The monoisotopic (exact) mass is 183 g/mol. The average molecular weight is 183 g/mol. The molecule has 4 heteroatoms. The smallest absolute Gasteiger partial charge is 0.144 e. The molecule has 2 nitrogen and oxygen atoms in total. The highest BCUT2D eigenvalue weighted by Gasteiger charge is 2.07. The van der Waals surface area contributed by atoms with Crippen molar-refractivity contribution in [1.82, 2.24) is 4.98 Å². The minimum Gasteiger partial charge on any atom is -0.495 e. The summed E-state index contributed by atoms with van der Waals surface area (Å²) in [6.45, 7) is 0. The first-order valence-corrected chi connectivity index (χ1v) is 4.63. The quantitative estimate of drug-likeness (QED) is 0.515. The second-order valence-electron chi connectivity index (χ2n) is 3.44. The molecular formula is C10H11B2NO. The molecule has 0 spiro atoms. The molecule has 0 fully saturated rings. The molecule has 1 heterocycles. The van der Waals surface area contributed by atoms with E-state index in [1.165, 1.54) is 5.46 Å². The van der Waals surface area contributed by atoms with Gasteiger partial charge in [0.2, 0.25) is 0 Å². The second kappa shape index (κ2) is 3.37. The molecule has 2 rings (SSSR count). The summed E-state index contributed by atoms with van der Waals surface area (Å²) in [5, 5.41) is 1.16. The molecule has 0 aliphatic heterocycles. The summed E-state index contributed by atoms with van der Waals surface area (Å²) < 4.78 is 5.35. The minimum absolute atomic E-state index is 0.881. The molecular weight excluding hydrogens is 172 g/mol. The van der Waals surface area contributed by atoms with Gasteiger partial charge in [0.15, 0.2) is 0 Å². The highest BCUT2D eigenvalue weighted by molar-refractivity contribution is 6.44. The van der Waals surface area contributed by atoms with Gasteiger partial charge in [-0.2, -0.15) is 0 Å². The highest BCUT2D eigenvalue weighted by atomic mass is 16.5. The lowest BCUT2D eigenvalue weighted by Gasteiger charge is -2.10. The third-order valence-electron chi connectivity index (χ3n) is 2.44. The van der Waals surface area contributed by atoms with Crippen LogP contribution in [0.1, 0.15) is 0 Å². The maximum atomic E-state index is 5.35. The van der Waals surface area contributed by atoms with Gasteiger partial charge < -0.3 is 4.74 Å². The number of fused-ring (bicyclic) bond motifs is 1. The van der Waals surface area contributed by atoms with Crippen LogP contribution in [-0.2, 0) is 0 Å². The van der Waals surface area contributed by atoms with E-state index < -0.39 is 0 Å². The number of rotatable bonds is 1. The normalized spacial score (nSPS) is 10.4. The molecule has 0 radical (unpaired) electrons. The van der Waals surface area contributed by atoms with Gasteiger partial charge in [-0.05, 0) is 16.9 Å². The lowest BCUT2D eigenvalue weighted by Crippen LogP contribution is -2.17. The molecule has 0 unspecified atom stereocenters. The van der Waals surface area contributed by atoms with Gasteiger partial charge in [0.25, 0.3) is 0 Å². The van der Waals surface area contributed by atoms with Crippen LogP contribution in [0, 0.1) is 0 Å². The van der Waals surface area contributed by atoms with E-state index in [1.807, 2.05) is 13.9 Å². The fraction of sp³-hybridized carbons (Fsp3) is 0.100. The van der Waals surface area contributed by atoms with Crippen molar-refractivity contribution in [2.45, 2.75) is 0 Å². The highest BCUT2D eigenvalue weighted by Crippen LogP contribution is 2.18. The first-order chi connectivity index (χ1) is 6.74. The van der Waals surface area contributed by atoms with Gasteiger partial charge in [0, 0.05) is 6.20 Å². The van der Waals surface area contributed by atoms with E-state index in [0.717, 1.165) is 22.1 Å². The number of benzene rings is 1. The van der Waals surface area contributed by atoms with E-state index in [0.29, 0.717) is 0 Å². The van der Waals surface area contributed by atoms with Crippen LogP contribution in [-0.4, -0.2) is 27.8 Å². The van der Waals surface area contributed by atoms with E-state index in [1.54, 1.807) is 13.3 Å². The Kier molecular flexibility index (Phi) is 2.20. The molecule has 1 aromatic carbocycles. The van der Waals surface area contributed by atoms with Crippen LogP contribution < -0.4 is 15.7 Å². The molecule has 0 saturated heterocycles. The SMILES string of the molecule is Bc1cc(B)c2cccnc2c1OC.